The molecule has 0 atom stereocenters. The van der Waals surface area contributed by atoms with E-state index in [2.05, 4.69) is 12.2 Å². The molecule has 1 N–H and O–H groups in total. The summed E-state index contributed by atoms with van der Waals surface area (Å²) in [5, 5.41) is 2.97. The largest absolute Gasteiger partial charge is 0.491 e. The van der Waals surface area contributed by atoms with Crippen LogP contribution in [-0.4, -0.2) is 44.4 Å². The molecule has 0 saturated carbocycles. The first-order valence-corrected chi connectivity index (χ1v) is 11.3. The van der Waals surface area contributed by atoms with Gasteiger partial charge >= 0.3 is 0 Å². The summed E-state index contributed by atoms with van der Waals surface area (Å²) in [4.78, 5) is 12.5. The van der Waals surface area contributed by atoms with Gasteiger partial charge in [0.25, 0.3) is 0 Å². The number of unbranched alkanes of at least 4 members (excludes halogenated alkanes) is 2. The molecule has 0 bridgehead atoms. The predicted molar refractivity (Wildman–Crippen MR) is 106 cm³/mol. The number of ether oxygens (including phenoxy) is 1. The van der Waals surface area contributed by atoms with Crippen molar-refractivity contribution in [2.45, 2.75) is 63.9 Å². The van der Waals surface area contributed by atoms with Crippen LogP contribution in [-0.2, 0) is 14.8 Å². The minimum absolute atomic E-state index is 0.0413. The third-order valence-electron chi connectivity index (χ3n) is 4.74. The second-order valence-corrected chi connectivity index (χ2v) is 9.25. The van der Waals surface area contributed by atoms with E-state index in [9.17, 15) is 13.2 Å². The molecule has 0 unspecified atom stereocenters. The van der Waals surface area contributed by atoms with E-state index in [-0.39, 0.29) is 22.8 Å². The Kier molecular flexibility index (Phi) is 8.10. The molecule has 1 aromatic rings. The lowest BCUT2D eigenvalue weighted by Crippen LogP contribution is -2.43. The fraction of sp³-hybridized carbons (Fsp3) is 0.650. The number of piperidine rings is 1. The van der Waals surface area contributed by atoms with Crippen LogP contribution in [0.1, 0.15) is 52.9 Å². The molecular formula is C20H32N2O4S. The van der Waals surface area contributed by atoms with Crippen molar-refractivity contribution in [3.05, 3.63) is 24.3 Å². The van der Waals surface area contributed by atoms with Gasteiger partial charge in [-0.3, -0.25) is 4.79 Å². The molecule has 0 spiro atoms. The average molecular weight is 397 g/mol. The van der Waals surface area contributed by atoms with E-state index >= 15 is 0 Å². The summed E-state index contributed by atoms with van der Waals surface area (Å²) in [6.07, 6.45) is 4.39. The molecule has 6 nitrogen and oxygen atoms in total. The third kappa shape index (κ3) is 6.21. The number of nitrogens with one attached hydrogen (secondary N) is 1. The average Bonchev–Trinajstić information content (AvgIpc) is 2.65. The summed E-state index contributed by atoms with van der Waals surface area (Å²) >= 11 is 0. The Balaban J connectivity index is 1.89. The molecule has 1 aliphatic heterocycles. The van der Waals surface area contributed by atoms with Gasteiger partial charge in [-0.15, -0.1) is 0 Å². The van der Waals surface area contributed by atoms with E-state index in [1.54, 1.807) is 24.3 Å². The number of carbonyl (C=O) groups is 1. The van der Waals surface area contributed by atoms with Crippen molar-refractivity contribution < 1.29 is 17.9 Å². The first-order chi connectivity index (χ1) is 12.8. The van der Waals surface area contributed by atoms with Crippen molar-refractivity contribution in [3.63, 3.8) is 0 Å². The highest BCUT2D eigenvalue weighted by Crippen LogP contribution is 2.25. The van der Waals surface area contributed by atoms with Crippen LogP contribution in [0.15, 0.2) is 29.2 Å². The maximum Gasteiger partial charge on any atom is 0.243 e. The van der Waals surface area contributed by atoms with Gasteiger partial charge in [-0.05, 0) is 57.4 Å². The smallest absolute Gasteiger partial charge is 0.243 e. The molecule has 1 fully saturated rings. The Labute approximate surface area is 163 Å². The molecule has 1 heterocycles. The molecule has 1 saturated heterocycles. The van der Waals surface area contributed by atoms with Gasteiger partial charge in [0, 0.05) is 25.6 Å². The van der Waals surface area contributed by atoms with Crippen LogP contribution in [0.5, 0.6) is 5.75 Å². The van der Waals surface area contributed by atoms with Crippen molar-refractivity contribution >= 4 is 15.9 Å². The van der Waals surface area contributed by atoms with Crippen LogP contribution < -0.4 is 10.1 Å². The normalized spacial score (nSPS) is 16.4. The van der Waals surface area contributed by atoms with Crippen LogP contribution in [0.25, 0.3) is 0 Å². The Morgan fingerprint density at radius 2 is 1.81 bits per heavy atom. The zero-order chi connectivity index (χ0) is 19.9. The van der Waals surface area contributed by atoms with Crippen LogP contribution in [0.3, 0.4) is 0 Å². The zero-order valence-corrected chi connectivity index (χ0v) is 17.4. The van der Waals surface area contributed by atoms with Crippen LogP contribution >= 0.6 is 0 Å². The van der Waals surface area contributed by atoms with Crippen molar-refractivity contribution in [2.75, 3.05) is 19.6 Å². The maximum absolute atomic E-state index is 12.8. The maximum atomic E-state index is 12.8. The number of rotatable bonds is 9. The first kappa shape index (κ1) is 21.7. The van der Waals surface area contributed by atoms with Crippen LogP contribution in [0.2, 0.25) is 0 Å². The van der Waals surface area contributed by atoms with E-state index in [1.165, 1.54) is 4.31 Å². The molecule has 7 heteroatoms. The van der Waals surface area contributed by atoms with E-state index in [1.807, 2.05) is 13.8 Å². The fourth-order valence-corrected chi connectivity index (χ4v) is 4.67. The Bertz CT molecular complexity index is 693. The molecule has 0 radical (unpaired) electrons. The molecule has 27 heavy (non-hydrogen) atoms. The van der Waals surface area contributed by atoms with Gasteiger partial charge in [-0.25, -0.2) is 8.42 Å². The minimum Gasteiger partial charge on any atom is -0.491 e. The quantitative estimate of drug-likeness (QED) is 0.651. The molecule has 152 valence electrons. The number of benzene rings is 1. The molecule has 0 aromatic heterocycles. The Morgan fingerprint density at radius 3 is 2.37 bits per heavy atom. The lowest BCUT2D eigenvalue weighted by atomic mass is 9.97. The van der Waals surface area contributed by atoms with E-state index in [0.29, 0.717) is 38.2 Å². The standard InChI is InChI=1S/C20H32N2O4S/c1-4-5-6-13-21-20(23)17-11-14-22(15-12-17)27(24,25)19-9-7-18(8-10-19)26-16(2)3/h7-10,16-17H,4-6,11-15H2,1-3H3,(H,21,23). The highest BCUT2D eigenvalue weighted by molar-refractivity contribution is 7.89. The minimum atomic E-state index is -3.53. The summed E-state index contributed by atoms with van der Waals surface area (Å²) in [7, 11) is -3.53. The highest BCUT2D eigenvalue weighted by Gasteiger charge is 2.31. The van der Waals surface area contributed by atoms with Crippen molar-refractivity contribution in [1.82, 2.24) is 9.62 Å². The molecule has 2 rings (SSSR count). The van der Waals surface area contributed by atoms with Gasteiger partial charge in [-0.1, -0.05) is 19.8 Å². The van der Waals surface area contributed by atoms with Crippen molar-refractivity contribution in [3.8, 4) is 5.75 Å². The predicted octanol–water partition coefficient (Wildman–Crippen LogP) is 3.18. The summed E-state index contributed by atoms with van der Waals surface area (Å²) < 4.78 is 32.7. The SMILES string of the molecule is CCCCCNC(=O)C1CCN(S(=O)(=O)c2ccc(OC(C)C)cc2)CC1. The molecule has 1 amide bonds. The lowest BCUT2D eigenvalue weighted by molar-refractivity contribution is -0.126. The summed E-state index contributed by atoms with van der Waals surface area (Å²) in [6, 6.07) is 6.53. The van der Waals surface area contributed by atoms with Gasteiger partial charge in [-0.2, -0.15) is 4.31 Å². The fourth-order valence-electron chi connectivity index (χ4n) is 3.20. The number of nitrogens with zero attached hydrogens (tertiary/aromatic N) is 1. The van der Waals surface area contributed by atoms with Gasteiger partial charge in [0.1, 0.15) is 5.75 Å². The van der Waals surface area contributed by atoms with Crippen molar-refractivity contribution in [1.29, 1.82) is 0 Å². The summed E-state index contributed by atoms with van der Waals surface area (Å²) in [6.45, 7) is 7.43. The topological polar surface area (TPSA) is 75.7 Å². The number of hydrogen-bond acceptors (Lipinski definition) is 4. The second-order valence-electron chi connectivity index (χ2n) is 7.31. The molecule has 1 aromatic carbocycles. The number of amides is 1. The number of sulfonamides is 1. The molecule has 0 aliphatic carbocycles. The van der Waals surface area contributed by atoms with Crippen LogP contribution in [0.4, 0.5) is 0 Å². The Hall–Kier alpha value is -1.60. The van der Waals surface area contributed by atoms with E-state index < -0.39 is 10.0 Å². The monoisotopic (exact) mass is 396 g/mol. The van der Waals surface area contributed by atoms with Crippen LogP contribution in [0, 0.1) is 5.92 Å². The summed E-state index contributed by atoms with van der Waals surface area (Å²) in [5.41, 5.74) is 0. The molecular weight excluding hydrogens is 364 g/mol. The molecule has 1 aliphatic rings. The Morgan fingerprint density at radius 1 is 1.19 bits per heavy atom. The number of carbonyl (C=O) groups excluding carboxylic acids is 1. The van der Waals surface area contributed by atoms with Gasteiger partial charge in [0.2, 0.25) is 15.9 Å². The third-order valence-corrected chi connectivity index (χ3v) is 6.65. The van der Waals surface area contributed by atoms with Gasteiger partial charge < -0.3 is 10.1 Å². The zero-order valence-electron chi connectivity index (χ0n) is 16.6. The second kappa shape index (κ2) is 10.1. The first-order valence-electron chi connectivity index (χ1n) is 9.89. The van der Waals surface area contributed by atoms with Gasteiger partial charge in [0.15, 0.2) is 0 Å². The van der Waals surface area contributed by atoms with Crippen molar-refractivity contribution in [2.24, 2.45) is 5.92 Å². The number of hydrogen-bond donors (Lipinski definition) is 1. The lowest BCUT2D eigenvalue weighted by Gasteiger charge is -2.30. The highest BCUT2D eigenvalue weighted by atomic mass is 32.2. The van der Waals surface area contributed by atoms with E-state index in [4.69, 9.17) is 4.74 Å². The van der Waals surface area contributed by atoms with E-state index in [0.717, 1.165) is 19.3 Å². The van der Waals surface area contributed by atoms with Gasteiger partial charge in [0.05, 0.1) is 11.0 Å². The summed E-state index contributed by atoms with van der Waals surface area (Å²) in [5.74, 6) is 0.612.